The Morgan fingerprint density at radius 1 is 0.685 bits per heavy atom. The molecule has 0 saturated carbocycles. The van der Waals surface area contributed by atoms with Crippen molar-refractivity contribution in [1.82, 2.24) is 18.9 Å². The quantitative estimate of drug-likeness (QED) is 0.181. The first-order chi connectivity index (χ1) is 26.1. The van der Waals surface area contributed by atoms with E-state index in [-0.39, 0.29) is 20.6 Å². The SMILES string of the molecule is Cc1ccc(S(=O)(=O)n2cc(-c3cccc(F)c3Cl)c3cc(-c4ccsc4)cnc32)cc1.Fc1cccc(-c2c[nH]c3ncc(-c4ccsc4)cc23)c1Cl. The van der Waals surface area contributed by atoms with Crippen molar-refractivity contribution in [3.8, 4) is 44.5 Å². The van der Waals surface area contributed by atoms with Crippen LogP contribution >= 0.6 is 45.9 Å². The van der Waals surface area contributed by atoms with Gasteiger partial charge in [-0.15, -0.1) is 0 Å². The van der Waals surface area contributed by atoms with Gasteiger partial charge in [0.2, 0.25) is 0 Å². The van der Waals surface area contributed by atoms with E-state index < -0.39 is 21.7 Å². The minimum absolute atomic E-state index is 0.0692. The first kappa shape index (κ1) is 35.8. The molecule has 1 N–H and O–H groups in total. The molecule has 0 spiro atoms. The third-order valence-electron chi connectivity index (χ3n) is 8.91. The standard InChI is InChI=1S/C24H16ClFN2O2S2.C17H10ClFN2S/c1-15-5-7-18(8-6-15)32(29,30)28-13-21(19-3-2-4-22(26)23(19)25)20-11-17(12-27-24(20)28)16-9-10-31-14-16;18-16-12(2-1-3-15(16)19)14-8-21-17-13(14)6-11(7-20-17)10-4-5-22-9-10/h2-14H,1H3;1-9H,(H,20,21). The van der Waals surface area contributed by atoms with Gasteiger partial charge in [-0.1, -0.05) is 65.2 Å². The monoisotopic (exact) mass is 810 g/mol. The molecule has 0 saturated heterocycles. The maximum Gasteiger partial charge on any atom is 0.269 e. The number of nitrogens with one attached hydrogen (secondary N) is 1. The van der Waals surface area contributed by atoms with Crippen molar-refractivity contribution in [2.24, 2.45) is 0 Å². The topological polar surface area (TPSA) is 80.6 Å². The van der Waals surface area contributed by atoms with Crippen molar-refractivity contribution in [2.45, 2.75) is 11.8 Å². The smallest absolute Gasteiger partial charge is 0.269 e. The molecule has 3 aromatic carbocycles. The number of nitrogens with zero attached hydrogens (tertiary/aromatic N) is 3. The van der Waals surface area contributed by atoms with E-state index in [1.165, 1.54) is 18.3 Å². The van der Waals surface area contributed by atoms with Crippen LogP contribution in [0, 0.1) is 18.6 Å². The van der Waals surface area contributed by atoms with Crippen LogP contribution in [0.4, 0.5) is 8.78 Å². The van der Waals surface area contributed by atoms with Crippen LogP contribution in [0.25, 0.3) is 66.6 Å². The second kappa shape index (κ2) is 14.6. The number of aromatic amines is 1. The molecule has 13 heteroatoms. The molecule has 0 unspecified atom stereocenters. The Hall–Kier alpha value is -5.17. The number of rotatable bonds is 6. The highest BCUT2D eigenvalue weighted by Gasteiger charge is 2.25. The molecule has 9 aromatic rings. The van der Waals surface area contributed by atoms with Gasteiger partial charge in [-0.2, -0.15) is 22.7 Å². The summed E-state index contributed by atoms with van der Waals surface area (Å²) in [7, 11) is -3.94. The zero-order valence-corrected chi connectivity index (χ0v) is 32.1. The zero-order valence-electron chi connectivity index (χ0n) is 28.1. The van der Waals surface area contributed by atoms with Crippen LogP contribution in [0.1, 0.15) is 5.56 Å². The molecule has 0 aliphatic rings. The van der Waals surface area contributed by atoms with Crippen molar-refractivity contribution >= 4 is 78.0 Å². The van der Waals surface area contributed by atoms with Crippen molar-refractivity contribution in [3.05, 3.63) is 158 Å². The molecule has 6 nitrogen and oxygen atoms in total. The summed E-state index contributed by atoms with van der Waals surface area (Å²) in [4.78, 5) is 12.2. The predicted molar refractivity (Wildman–Crippen MR) is 217 cm³/mol. The maximum absolute atomic E-state index is 14.2. The first-order valence-corrected chi connectivity index (χ1v) is 20.4. The molecule has 0 amide bonds. The summed E-state index contributed by atoms with van der Waals surface area (Å²) in [5, 5.41) is 9.60. The van der Waals surface area contributed by atoms with Crippen molar-refractivity contribution < 1.29 is 17.2 Å². The normalized spacial score (nSPS) is 11.6. The van der Waals surface area contributed by atoms with Crippen LogP contribution in [-0.2, 0) is 10.0 Å². The van der Waals surface area contributed by atoms with Crippen LogP contribution < -0.4 is 0 Å². The molecule has 0 bridgehead atoms. The van der Waals surface area contributed by atoms with E-state index in [4.69, 9.17) is 23.2 Å². The zero-order chi connectivity index (χ0) is 37.6. The third-order valence-corrected chi connectivity index (χ3v) is 12.7. The van der Waals surface area contributed by atoms with E-state index >= 15 is 0 Å². The average molecular weight is 812 g/mol. The lowest BCUT2D eigenvalue weighted by Crippen LogP contribution is -2.12. The molecule has 268 valence electrons. The molecular weight excluding hydrogens is 786 g/mol. The van der Waals surface area contributed by atoms with Crippen LogP contribution in [0.15, 0.2) is 136 Å². The van der Waals surface area contributed by atoms with Gasteiger partial charge >= 0.3 is 0 Å². The predicted octanol–water partition coefficient (Wildman–Crippen LogP) is 12.5. The molecule has 0 fully saturated rings. The van der Waals surface area contributed by atoms with Crippen molar-refractivity contribution in [2.75, 3.05) is 0 Å². The largest absolute Gasteiger partial charge is 0.346 e. The number of benzene rings is 3. The average Bonchev–Trinajstić information content (AvgIpc) is 4.01. The van der Waals surface area contributed by atoms with Gasteiger partial charge in [0.15, 0.2) is 5.65 Å². The number of fused-ring (bicyclic) bond motifs is 2. The van der Waals surface area contributed by atoms with Crippen LogP contribution in [-0.4, -0.2) is 27.3 Å². The fraction of sp³-hybridized carbons (Fsp3) is 0.0244. The molecule has 54 heavy (non-hydrogen) atoms. The molecule has 6 aromatic heterocycles. The summed E-state index contributed by atoms with van der Waals surface area (Å²) in [5.74, 6) is -0.996. The van der Waals surface area contributed by atoms with Gasteiger partial charge in [0.1, 0.15) is 17.3 Å². The lowest BCUT2D eigenvalue weighted by atomic mass is 10.0. The first-order valence-electron chi connectivity index (χ1n) is 16.3. The fourth-order valence-corrected chi connectivity index (χ4v) is 9.23. The minimum Gasteiger partial charge on any atom is -0.346 e. The third kappa shape index (κ3) is 6.63. The van der Waals surface area contributed by atoms with Gasteiger partial charge in [0, 0.05) is 68.9 Å². The van der Waals surface area contributed by atoms with Gasteiger partial charge < -0.3 is 4.98 Å². The van der Waals surface area contributed by atoms with Gasteiger partial charge in [-0.3, -0.25) is 0 Å². The number of pyridine rings is 2. The van der Waals surface area contributed by atoms with Gasteiger partial charge in [-0.25, -0.2) is 31.1 Å². The van der Waals surface area contributed by atoms with E-state index in [0.29, 0.717) is 22.1 Å². The minimum atomic E-state index is -3.94. The fourth-order valence-electron chi connectivity index (χ4n) is 6.12. The highest BCUT2D eigenvalue weighted by molar-refractivity contribution is 7.90. The molecule has 0 radical (unpaired) electrons. The molecule has 0 aliphatic heterocycles. The highest BCUT2D eigenvalue weighted by Crippen LogP contribution is 2.39. The van der Waals surface area contributed by atoms with E-state index in [1.807, 2.05) is 53.7 Å². The Kier molecular flexibility index (Phi) is 9.67. The van der Waals surface area contributed by atoms with E-state index in [1.54, 1.807) is 71.3 Å². The Morgan fingerprint density at radius 3 is 1.85 bits per heavy atom. The molecule has 0 atom stereocenters. The highest BCUT2D eigenvalue weighted by atomic mass is 35.5. The molecule has 6 heterocycles. The summed E-state index contributed by atoms with van der Waals surface area (Å²) in [5.41, 5.74) is 8.32. The Morgan fingerprint density at radius 2 is 1.26 bits per heavy atom. The number of aromatic nitrogens is 4. The number of thiophene rings is 2. The summed E-state index contributed by atoms with van der Waals surface area (Å²) < 4.78 is 56.1. The number of H-pyrrole nitrogens is 1. The van der Waals surface area contributed by atoms with Crippen LogP contribution in [0.5, 0.6) is 0 Å². The summed E-state index contributed by atoms with van der Waals surface area (Å²) >= 11 is 15.6. The van der Waals surface area contributed by atoms with Gasteiger partial charge in [-0.05, 0) is 88.1 Å². The van der Waals surface area contributed by atoms with E-state index in [0.717, 1.165) is 48.4 Å². The van der Waals surface area contributed by atoms with Crippen LogP contribution in [0.3, 0.4) is 0 Å². The second-order valence-corrected chi connectivity index (χ2v) is 16.4. The van der Waals surface area contributed by atoms with Gasteiger partial charge in [0.25, 0.3) is 10.0 Å². The summed E-state index contributed by atoms with van der Waals surface area (Å²) in [6, 6.07) is 23.8. The van der Waals surface area contributed by atoms with Crippen LogP contribution in [0.2, 0.25) is 10.0 Å². The lowest BCUT2D eigenvalue weighted by molar-refractivity contribution is 0.588. The molecule has 9 rings (SSSR count). The molecular formula is C41H26Cl2F2N4O2S3. The number of halogens is 4. The van der Waals surface area contributed by atoms with E-state index in [2.05, 4.69) is 32.5 Å². The van der Waals surface area contributed by atoms with E-state index in [9.17, 15) is 17.2 Å². The summed E-state index contributed by atoms with van der Waals surface area (Å²) in [6.07, 6.45) is 6.75. The lowest BCUT2D eigenvalue weighted by Gasteiger charge is -2.07. The Labute approximate surface area is 327 Å². The van der Waals surface area contributed by atoms with Crippen molar-refractivity contribution in [3.63, 3.8) is 0 Å². The second-order valence-electron chi connectivity index (χ2n) is 12.3. The Balaban J connectivity index is 0.000000164. The Bertz CT molecular complexity index is 2910. The van der Waals surface area contributed by atoms with Gasteiger partial charge in [0.05, 0.1) is 14.9 Å². The molecule has 0 aliphatic carbocycles. The summed E-state index contributed by atoms with van der Waals surface area (Å²) in [6.45, 7) is 1.89. The number of hydrogen-bond acceptors (Lipinski definition) is 6. The number of aryl methyl sites for hydroxylation is 1. The number of hydrogen-bond donors (Lipinski definition) is 1. The van der Waals surface area contributed by atoms with Crippen molar-refractivity contribution in [1.29, 1.82) is 0 Å². The maximum atomic E-state index is 14.2.